The summed E-state index contributed by atoms with van der Waals surface area (Å²) in [5, 5.41) is 0. The SMILES string of the molecule is CCC(C)=C(C)C(=O)OC(=O)C(=O)OC(=O)C(C)=C(C)CC. The molecule has 0 aromatic carbocycles. The average Bonchev–Trinajstić information content (AvgIpc) is 2.51. The van der Waals surface area contributed by atoms with Gasteiger partial charge in [0.15, 0.2) is 0 Å². The minimum Gasteiger partial charge on any atom is -0.381 e. The molecule has 0 aliphatic carbocycles. The number of hydrogen-bond acceptors (Lipinski definition) is 6. The summed E-state index contributed by atoms with van der Waals surface area (Å²) in [5.74, 6) is -4.87. The molecule has 0 unspecified atom stereocenters. The molecule has 0 fully saturated rings. The Morgan fingerprint density at radius 3 is 1.09 bits per heavy atom. The molecule has 0 aromatic rings. The molecule has 0 rings (SSSR count). The highest BCUT2D eigenvalue weighted by molar-refractivity contribution is 6.34. The van der Waals surface area contributed by atoms with Crippen molar-refractivity contribution in [3.05, 3.63) is 22.3 Å². The van der Waals surface area contributed by atoms with E-state index in [2.05, 4.69) is 9.47 Å². The summed E-state index contributed by atoms with van der Waals surface area (Å²) in [7, 11) is 0. The lowest BCUT2D eigenvalue weighted by atomic mass is 10.1. The predicted octanol–water partition coefficient (Wildman–Crippen LogP) is 2.62. The summed E-state index contributed by atoms with van der Waals surface area (Å²) in [6, 6.07) is 0. The Bertz CT molecular complexity index is 501. The van der Waals surface area contributed by atoms with Crippen molar-refractivity contribution >= 4 is 23.9 Å². The molecule has 22 heavy (non-hydrogen) atoms. The van der Waals surface area contributed by atoms with Gasteiger partial charge in [-0.15, -0.1) is 0 Å². The summed E-state index contributed by atoms with van der Waals surface area (Å²) >= 11 is 0. The van der Waals surface area contributed by atoms with Crippen LogP contribution in [0.1, 0.15) is 54.4 Å². The summed E-state index contributed by atoms with van der Waals surface area (Å²) in [6.45, 7) is 10.1. The van der Waals surface area contributed by atoms with E-state index in [1.807, 2.05) is 13.8 Å². The fourth-order valence-corrected chi connectivity index (χ4v) is 1.28. The highest BCUT2D eigenvalue weighted by atomic mass is 16.6. The quantitative estimate of drug-likeness (QED) is 0.343. The zero-order valence-corrected chi connectivity index (χ0v) is 13.9. The van der Waals surface area contributed by atoms with E-state index in [1.54, 1.807) is 13.8 Å². The molecule has 0 spiro atoms. The van der Waals surface area contributed by atoms with E-state index in [-0.39, 0.29) is 11.1 Å². The van der Waals surface area contributed by atoms with Gasteiger partial charge in [0.1, 0.15) is 0 Å². The van der Waals surface area contributed by atoms with Gasteiger partial charge in [0.05, 0.1) is 0 Å². The zero-order chi connectivity index (χ0) is 17.4. The maximum Gasteiger partial charge on any atom is 0.425 e. The minimum absolute atomic E-state index is 0.243. The van der Waals surface area contributed by atoms with E-state index in [0.717, 1.165) is 11.1 Å². The van der Waals surface area contributed by atoms with Gasteiger partial charge in [-0.3, -0.25) is 0 Å². The second-order valence-corrected chi connectivity index (χ2v) is 4.87. The fourth-order valence-electron chi connectivity index (χ4n) is 1.28. The molecule has 122 valence electrons. The van der Waals surface area contributed by atoms with Crippen LogP contribution in [0.4, 0.5) is 0 Å². The van der Waals surface area contributed by atoms with Gasteiger partial charge in [0, 0.05) is 11.1 Å². The molecule has 0 aliphatic rings. The largest absolute Gasteiger partial charge is 0.425 e. The molecule has 0 amide bonds. The monoisotopic (exact) mass is 310 g/mol. The molecule has 0 atom stereocenters. The Kier molecular flexibility index (Phi) is 8.01. The summed E-state index contributed by atoms with van der Waals surface area (Å²) in [6.07, 6.45) is 1.22. The van der Waals surface area contributed by atoms with Crippen LogP contribution in [0.2, 0.25) is 0 Å². The van der Waals surface area contributed by atoms with E-state index in [4.69, 9.17) is 0 Å². The lowest BCUT2D eigenvalue weighted by Gasteiger charge is -2.07. The van der Waals surface area contributed by atoms with Crippen molar-refractivity contribution in [2.45, 2.75) is 54.4 Å². The molecule has 0 radical (unpaired) electrons. The second-order valence-electron chi connectivity index (χ2n) is 4.87. The number of rotatable bonds is 4. The maximum absolute atomic E-state index is 11.6. The van der Waals surface area contributed by atoms with Crippen molar-refractivity contribution in [1.29, 1.82) is 0 Å². The van der Waals surface area contributed by atoms with Crippen LogP contribution in [0, 0.1) is 0 Å². The van der Waals surface area contributed by atoms with Gasteiger partial charge in [0.2, 0.25) is 0 Å². The molecule has 0 heterocycles. The number of allylic oxidation sites excluding steroid dienone is 2. The van der Waals surface area contributed by atoms with E-state index in [9.17, 15) is 19.2 Å². The lowest BCUT2D eigenvalue weighted by Crippen LogP contribution is -2.26. The van der Waals surface area contributed by atoms with Gasteiger partial charge in [-0.25, -0.2) is 19.2 Å². The van der Waals surface area contributed by atoms with Crippen molar-refractivity contribution < 1.29 is 28.7 Å². The molecule has 0 saturated carbocycles. The number of carbonyl (C=O) groups excluding carboxylic acids is 4. The van der Waals surface area contributed by atoms with Crippen LogP contribution in [0.5, 0.6) is 0 Å². The number of carbonyl (C=O) groups is 4. The van der Waals surface area contributed by atoms with Crippen LogP contribution < -0.4 is 0 Å². The molecular formula is C16H22O6. The molecule has 6 nitrogen and oxygen atoms in total. The number of esters is 4. The topological polar surface area (TPSA) is 86.7 Å². The van der Waals surface area contributed by atoms with Crippen molar-refractivity contribution in [3.8, 4) is 0 Å². The Morgan fingerprint density at radius 1 is 0.591 bits per heavy atom. The van der Waals surface area contributed by atoms with Crippen LogP contribution in [0.15, 0.2) is 22.3 Å². The highest BCUT2D eigenvalue weighted by Gasteiger charge is 2.26. The average molecular weight is 310 g/mol. The molecule has 0 N–H and O–H groups in total. The third-order valence-electron chi connectivity index (χ3n) is 3.49. The van der Waals surface area contributed by atoms with Crippen LogP contribution in [-0.2, 0) is 28.7 Å². The summed E-state index contributed by atoms with van der Waals surface area (Å²) in [5.41, 5.74) is 1.96. The molecule has 0 aromatic heterocycles. The van der Waals surface area contributed by atoms with Crippen LogP contribution in [0.3, 0.4) is 0 Å². The van der Waals surface area contributed by atoms with Crippen molar-refractivity contribution in [2.75, 3.05) is 0 Å². The maximum atomic E-state index is 11.6. The third kappa shape index (κ3) is 5.63. The smallest absolute Gasteiger partial charge is 0.381 e. The normalized spacial score (nSPS) is 12.8. The first-order valence-electron chi connectivity index (χ1n) is 7.00. The summed E-state index contributed by atoms with van der Waals surface area (Å²) in [4.78, 5) is 46.2. The van der Waals surface area contributed by atoms with E-state index in [1.165, 1.54) is 13.8 Å². The van der Waals surface area contributed by atoms with Crippen molar-refractivity contribution in [2.24, 2.45) is 0 Å². The number of hydrogen-bond donors (Lipinski definition) is 0. The van der Waals surface area contributed by atoms with Crippen LogP contribution in [0.25, 0.3) is 0 Å². The van der Waals surface area contributed by atoms with Crippen molar-refractivity contribution in [1.82, 2.24) is 0 Å². The lowest BCUT2D eigenvalue weighted by molar-refractivity contribution is -0.175. The first-order valence-corrected chi connectivity index (χ1v) is 7.00. The van der Waals surface area contributed by atoms with Crippen LogP contribution in [-0.4, -0.2) is 23.9 Å². The van der Waals surface area contributed by atoms with E-state index >= 15 is 0 Å². The third-order valence-corrected chi connectivity index (χ3v) is 3.49. The van der Waals surface area contributed by atoms with Gasteiger partial charge in [-0.1, -0.05) is 25.0 Å². The predicted molar refractivity (Wildman–Crippen MR) is 79.5 cm³/mol. The van der Waals surface area contributed by atoms with Gasteiger partial charge >= 0.3 is 23.9 Å². The minimum atomic E-state index is -1.51. The van der Waals surface area contributed by atoms with E-state index in [0.29, 0.717) is 12.8 Å². The number of ether oxygens (including phenoxy) is 2. The van der Waals surface area contributed by atoms with Gasteiger partial charge < -0.3 is 9.47 Å². The molecule has 0 saturated heterocycles. The fraction of sp³-hybridized carbons (Fsp3) is 0.500. The zero-order valence-electron chi connectivity index (χ0n) is 13.9. The Labute approximate surface area is 130 Å². The summed E-state index contributed by atoms with van der Waals surface area (Å²) < 4.78 is 8.77. The molecule has 0 bridgehead atoms. The highest BCUT2D eigenvalue weighted by Crippen LogP contribution is 2.11. The van der Waals surface area contributed by atoms with Crippen LogP contribution >= 0.6 is 0 Å². The van der Waals surface area contributed by atoms with E-state index < -0.39 is 23.9 Å². The van der Waals surface area contributed by atoms with Gasteiger partial charge in [0.25, 0.3) is 0 Å². The van der Waals surface area contributed by atoms with Crippen molar-refractivity contribution in [3.63, 3.8) is 0 Å². The second kappa shape index (κ2) is 8.92. The first kappa shape index (κ1) is 19.8. The molecular weight excluding hydrogens is 288 g/mol. The van der Waals surface area contributed by atoms with Gasteiger partial charge in [-0.2, -0.15) is 0 Å². The Balaban J connectivity index is 4.81. The molecule has 0 aliphatic heterocycles. The first-order chi connectivity index (χ1) is 10.1. The molecule has 6 heteroatoms. The Hall–Kier alpha value is -2.24. The Morgan fingerprint density at radius 2 is 0.864 bits per heavy atom. The standard InChI is InChI=1S/C16H22O6/c1-7-9(3)11(5)13(17)21-15(19)16(20)22-14(18)12(6)10(4)8-2/h7-8H2,1-6H3. The van der Waals surface area contributed by atoms with Gasteiger partial charge in [-0.05, 0) is 40.5 Å².